The molecule has 0 unspecified atom stereocenters. The number of nitrogens with zero attached hydrogens (tertiary/aromatic N) is 1. The minimum atomic E-state index is -3.21. The molecule has 7 heteroatoms. The van der Waals surface area contributed by atoms with E-state index in [9.17, 15) is 4.57 Å². The second kappa shape index (κ2) is 6.38. The van der Waals surface area contributed by atoms with Gasteiger partial charge >= 0.3 is 7.60 Å². The first-order valence-corrected chi connectivity index (χ1v) is 5.93. The molecule has 5 nitrogen and oxygen atoms in total. The fraction of sp³-hybridized carbons (Fsp3) is 0.833. The summed E-state index contributed by atoms with van der Waals surface area (Å²) < 4.78 is 21.5. The first-order valence-electron chi connectivity index (χ1n) is 3.82. The van der Waals surface area contributed by atoms with Gasteiger partial charge in [-0.3, -0.25) is 4.57 Å². The van der Waals surface area contributed by atoms with Crippen molar-refractivity contribution in [2.24, 2.45) is 5.16 Å². The average molecular weight is 230 g/mol. The molecule has 0 heterocycles. The van der Waals surface area contributed by atoms with E-state index in [1.54, 1.807) is 13.8 Å². The van der Waals surface area contributed by atoms with Crippen LogP contribution in [0.1, 0.15) is 13.8 Å². The first-order chi connectivity index (χ1) is 6.08. The van der Waals surface area contributed by atoms with E-state index in [1.807, 2.05) is 0 Å². The highest BCUT2D eigenvalue weighted by Crippen LogP contribution is 2.48. The number of hydrogen-bond acceptors (Lipinski definition) is 5. The summed E-state index contributed by atoms with van der Waals surface area (Å²) >= 11 is 5.39. The largest absolute Gasteiger partial charge is 0.410 e. The highest BCUT2D eigenvalue weighted by Gasteiger charge is 2.25. The second-order valence-electron chi connectivity index (χ2n) is 2.08. The Bertz CT molecular complexity index is 211. The van der Waals surface area contributed by atoms with Crippen molar-refractivity contribution in [1.82, 2.24) is 0 Å². The van der Waals surface area contributed by atoms with Crippen LogP contribution in [0.15, 0.2) is 5.16 Å². The van der Waals surface area contributed by atoms with Crippen molar-refractivity contribution in [2.75, 3.05) is 19.4 Å². The van der Waals surface area contributed by atoms with Crippen molar-refractivity contribution in [3.8, 4) is 0 Å². The van der Waals surface area contributed by atoms with Gasteiger partial charge < -0.3 is 14.3 Å². The smallest absolute Gasteiger partial charge is 0.337 e. The summed E-state index contributed by atoms with van der Waals surface area (Å²) in [6.07, 6.45) is -0.202. The number of rotatable bonds is 6. The predicted molar refractivity (Wildman–Crippen MR) is 50.8 cm³/mol. The van der Waals surface area contributed by atoms with E-state index in [2.05, 4.69) is 5.16 Å². The summed E-state index contributed by atoms with van der Waals surface area (Å²) in [5.41, 5.74) is 0. The molecule has 0 saturated heterocycles. The van der Waals surface area contributed by atoms with Crippen LogP contribution >= 0.6 is 19.2 Å². The molecule has 0 atom stereocenters. The van der Waals surface area contributed by atoms with Gasteiger partial charge in [0.2, 0.25) is 0 Å². The van der Waals surface area contributed by atoms with Gasteiger partial charge in [-0.1, -0.05) is 16.8 Å². The molecule has 0 bridgehead atoms. The van der Waals surface area contributed by atoms with Crippen LogP contribution in [-0.4, -0.2) is 29.8 Å². The van der Waals surface area contributed by atoms with E-state index >= 15 is 0 Å². The van der Waals surface area contributed by atoms with Crippen molar-refractivity contribution in [3.05, 3.63) is 0 Å². The molecule has 0 amide bonds. The lowest BCUT2D eigenvalue weighted by Gasteiger charge is -2.15. The van der Waals surface area contributed by atoms with Gasteiger partial charge in [0, 0.05) is 0 Å². The molecule has 0 aliphatic rings. The minimum Gasteiger partial charge on any atom is -0.410 e. The van der Waals surface area contributed by atoms with Crippen molar-refractivity contribution in [1.29, 1.82) is 0 Å². The number of halogens is 1. The fourth-order valence-electron chi connectivity index (χ4n) is 0.713. The maximum atomic E-state index is 11.7. The van der Waals surface area contributed by atoms with Gasteiger partial charge in [0.25, 0.3) is 0 Å². The van der Waals surface area contributed by atoms with Gasteiger partial charge in [0.05, 0.1) is 13.2 Å². The van der Waals surface area contributed by atoms with Crippen LogP contribution in [0.2, 0.25) is 0 Å². The standard InChI is InChI=1S/C6H13ClNO4P/c1-3-11-13(10,12-4-2)5-6(7)8-9/h9H,3-5H2,1-2H3/b8-6-. The van der Waals surface area contributed by atoms with Crippen LogP contribution < -0.4 is 0 Å². The Balaban J connectivity index is 4.32. The zero-order valence-electron chi connectivity index (χ0n) is 7.57. The van der Waals surface area contributed by atoms with Crippen molar-refractivity contribution in [2.45, 2.75) is 13.8 Å². The van der Waals surface area contributed by atoms with Crippen LogP contribution in [0.25, 0.3) is 0 Å². The molecule has 0 fully saturated rings. The van der Waals surface area contributed by atoms with E-state index in [0.717, 1.165) is 0 Å². The lowest BCUT2D eigenvalue weighted by atomic mass is 10.9. The molecule has 0 rings (SSSR count). The van der Waals surface area contributed by atoms with Gasteiger partial charge in [-0.2, -0.15) is 0 Å². The molecule has 78 valence electrons. The molecule has 0 spiro atoms. The Morgan fingerprint density at radius 1 is 1.46 bits per heavy atom. The minimum absolute atomic E-state index is 0.190. The molecule has 0 aliphatic carbocycles. The first kappa shape index (κ1) is 12.9. The molecule has 0 aromatic carbocycles. The summed E-state index contributed by atoms with van der Waals surface area (Å²) in [6.45, 7) is 3.89. The van der Waals surface area contributed by atoms with E-state index in [0.29, 0.717) is 0 Å². The third kappa shape index (κ3) is 5.26. The lowest BCUT2D eigenvalue weighted by molar-refractivity contribution is 0.223. The highest BCUT2D eigenvalue weighted by atomic mass is 35.5. The summed E-state index contributed by atoms with van der Waals surface area (Å²) in [7, 11) is -3.21. The maximum Gasteiger partial charge on any atom is 0.337 e. The number of oxime groups is 1. The SMILES string of the molecule is CCOP(=O)(C/C(Cl)=N/O)OCC. The molecular weight excluding hydrogens is 216 g/mol. The van der Waals surface area contributed by atoms with Gasteiger partial charge in [0.1, 0.15) is 6.16 Å². The quantitative estimate of drug-likeness (QED) is 0.328. The van der Waals surface area contributed by atoms with Crippen molar-refractivity contribution < 1.29 is 18.8 Å². The third-order valence-electron chi connectivity index (χ3n) is 1.08. The predicted octanol–water partition coefficient (Wildman–Crippen LogP) is 2.28. The van der Waals surface area contributed by atoms with E-state index < -0.39 is 7.60 Å². The normalized spacial score (nSPS) is 13.3. The zero-order valence-corrected chi connectivity index (χ0v) is 9.22. The third-order valence-corrected chi connectivity index (χ3v) is 3.47. The Morgan fingerprint density at radius 2 is 1.92 bits per heavy atom. The van der Waals surface area contributed by atoms with Gasteiger partial charge in [0.15, 0.2) is 5.17 Å². The lowest BCUT2D eigenvalue weighted by Crippen LogP contribution is -2.05. The van der Waals surface area contributed by atoms with E-state index in [-0.39, 0.29) is 24.5 Å². The summed E-state index contributed by atoms with van der Waals surface area (Å²) in [4.78, 5) is 0. The van der Waals surface area contributed by atoms with Crippen LogP contribution in [0.4, 0.5) is 0 Å². The average Bonchev–Trinajstić information content (AvgIpc) is 2.04. The Kier molecular flexibility index (Phi) is 6.33. The monoisotopic (exact) mass is 229 g/mol. The summed E-state index contributed by atoms with van der Waals surface area (Å²) in [5, 5.41) is 10.8. The molecule has 1 N–H and O–H groups in total. The topological polar surface area (TPSA) is 68.1 Å². The van der Waals surface area contributed by atoms with Gasteiger partial charge in [-0.25, -0.2) is 0 Å². The van der Waals surface area contributed by atoms with Crippen LogP contribution in [0.3, 0.4) is 0 Å². The van der Waals surface area contributed by atoms with Crippen LogP contribution in [0, 0.1) is 0 Å². The van der Waals surface area contributed by atoms with Gasteiger partial charge in [-0.05, 0) is 13.8 Å². The molecule has 0 radical (unpaired) electrons. The summed E-state index contributed by atoms with van der Waals surface area (Å²) in [5.74, 6) is 0. The number of hydrogen-bond donors (Lipinski definition) is 1. The Morgan fingerprint density at radius 3 is 2.23 bits per heavy atom. The molecule has 0 aliphatic heterocycles. The second-order valence-corrected chi connectivity index (χ2v) is 4.57. The van der Waals surface area contributed by atoms with Crippen molar-refractivity contribution in [3.63, 3.8) is 0 Å². The van der Waals surface area contributed by atoms with Crippen LogP contribution in [-0.2, 0) is 13.6 Å². The highest BCUT2D eigenvalue weighted by molar-refractivity contribution is 7.55. The molecule has 0 aromatic heterocycles. The van der Waals surface area contributed by atoms with E-state index in [4.69, 9.17) is 25.9 Å². The Hall–Kier alpha value is -0.0900. The molecule has 0 aromatic rings. The maximum absolute atomic E-state index is 11.7. The molecule has 13 heavy (non-hydrogen) atoms. The van der Waals surface area contributed by atoms with Gasteiger partial charge in [-0.15, -0.1) is 0 Å². The van der Waals surface area contributed by atoms with Crippen molar-refractivity contribution >= 4 is 24.4 Å². The Labute approximate surface area is 82.2 Å². The summed E-state index contributed by atoms with van der Waals surface area (Å²) in [6, 6.07) is 0. The van der Waals surface area contributed by atoms with E-state index in [1.165, 1.54) is 0 Å². The zero-order chi connectivity index (χ0) is 10.3. The molecule has 0 saturated carbocycles. The molecular formula is C6H13ClNO4P. The van der Waals surface area contributed by atoms with Crippen LogP contribution in [0.5, 0.6) is 0 Å². The fourth-order valence-corrected chi connectivity index (χ4v) is 2.58.